The minimum Gasteiger partial charge on any atom is -0.371 e. The summed E-state index contributed by atoms with van der Waals surface area (Å²) in [4.78, 5) is 21.3. The molecule has 0 saturated carbocycles. The fourth-order valence-electron chi connectivity index (χ4n) is 2.27. The van der Waals surface area contributed by atoms with Crippen LogP contribution in [-0.2, 0) is 0 Å². The summed E-state index contributed by atoms with van der Waals surface area (Å²) in [7, 11) is 0. The second kappa shape index (κ2) is 6.31. The van der Waals surface area contributed by atoms with E-state index < -0.39 is 9.85 Å². The van der Waals surface area contributed by atoms with Crippen LogP contribution in [0, 0.1) is 34.1 Å². The minimum absolute atomic E-state index is 0.0196. The Morgan fingerprint density at radius 2 is 1.45 bits per heavy atom. The van der Waals surface area contributed by atoms with Crippen LogP contribution in [0.15, 0.2) is 6.07 Å². The van der Waals surface area contributed by atoms with Gasteiger partial charge in [-0.1, -0.05) is 13.8 Å². The standard InChI is InChI=1S/C13H19N3O4/c1-5-10(6-2)14-11-12(15(17)18)8(3)7-9(4)13(11)16(19)20/h7,10,14H,5-6H2,1-4H3. The Kier molecular flexibility index (Phi) is 5.01. The largest absolute Gasteiger partial charge is 0.371 e. The molecule has 0 amide bonds. The van der Waals surface area contributed by atoms with Crippen molar-refractivity contribution in [3.8, 4) is 0 Å². The lowest BCUT2D eigenvalue weighted by Gasteiger charge is -2.17. The highest BCUT2D eigenvalue weighted by Crippen LogP contribution is 2.40. The maximum atomic E-state index is 11.2. The number of benzene rings is 1. The molecule has 110 valence electrons. The average Bonchev–Trinajstić information content (AvgIpc) is 2.33. The van der Waals surface area contributed by atoms with Crippen LogP contribution in [0.4, 0.5) is 17.1 Å². The minimum atomic E-state index is -0.563. The van der Waals surface area contributed by atoms with Gasteiger partial charge in [-0.3, -0.25) is 20.2 Å². The molecule has 7 heteroatoms. The van der Waals surface area contributed by atoms with Gasteiger partial charge >= 0.3 is 11.4 Å². The van der Waals surface area contributed by atoms with Gasteiger partial charge in [0.1, 0.15) is 0 Å². The highest BCUT2D eigenvalue weighted by molar-refractivity contribution is 5.78. The molecule has 0 aromatic heterocycles. The quantitative estimate of drug-likeness (QED) is 0.632. The molecule has 0 atom stereocenters. The Morgan fingerprint density at radius 1 is 1.05 bits per heavy atom. The third kappa shape index (κ3) is 3.04. The Balaban J connectivity index is 3.56. The van der Waals surface area contributed by atoms with Crippen molar-refractivity contribution >= 4 is 17.1 Å². The van der Waals surface area contributed by atoms with Crippen LogP contribution >= 0.6 is 0 Å². The number of rotatable bonds is 6. The van der Waals surface area contributed by atoms with E-state index in [9.17, 15) is 20.2 Å². The van der Waals surface area contributed by atoms with Crippen molar-refractivity contribution in [2.75, 3.05) is 5.32 Å². The zero-order valence-electron chi connectivity index (χ0n) is 12.1. The van der Waals surface area contributed by atoms with Gasteiger partial charge in [0, 0.05) is 17.2 Å². The molecule has 0 aliphatic carbocycles. The summed E-state index contributed by atoms with van der Waals surface area (Å²) in [5, 5.41) is 25.4. The second-order valence-electron chi connectivity index (χ2n) is 4.75. The third-order valence-corrected chi connectivity index (χ3v) is 3.35. The van der Waals surface area contributed by atoms with Gasteiger partial charge < -0.3 is 5.32 Å². The van der Waals surface area contributed by atoms with Crippen LogP contribution in [0.25, 0.3) is 0 Å². The molecule has 0 spiro atoms. The smallest absolute Gasteiger partial charge is 0.302 e. The lowest BCUT2D eigenvalue weighted by molar-refractivity contribution is -0.393. The van der Waals surface area contributed by atoms with E-state index in [0.29, 0.717) is 11.1 Å². The number of nitro benzene ring substituents is 2. The van der Waals surface area contributed by atoms with Crippen molar-refractivity contribution in [1.82, 2.24) is 0 Å². The number of nitro groups is 2. The molecule has 1 N–H and O–H groups in total. The SMILES string of the molecule is CCC(CC)Nc1c([N+](=O)[O-])c(C)cc(C)c1[N+](=O)[O-]. The molecular weight excluding hydrogens is 262 g/mol. The second-order valence-corrected chi connectivity index (χ2v) is 4.75. The fraction of sp³-hybridized carbons (Fsp3) is 0.538. The number of nitrogens with zero attached hydrogens (tertiary/aromatic N) is 2. The fourth-order valence-corrected chi connectivity index (χ4v) is 2.27. The predicted octanol–water partition coefficient (Wildman–Crippen LogP) is 3.72. The van der Waals surface area contributed by atoms with E-state index in [-0.39, 0.29) is 23.1 Å². The van der Waals surface area contributed by atoms with E-state index in [0.717, 1.165) is 12.8 Å². The summed E-state index contributed by atoms with van der Waals surface area (Å²) in [6.07, 6.45) is 1.47. The van der Waals surface area contributed by atoms with Gasteiger partial charge in [0.05, 0.1) is 9.85 Å². The summed E-state index contributed by atoms with van der Waals surface area (Å²) in [6, 6.07) is 1.45. The van der Waals surface area contributed by atoms with Crippen molar-refractivity contribution in [2.45, 2.75) is 46.6 Å². The Morgan fingerprint density at radius 3 is 1.75 bits per heavy atom. The Hall–Kier alpha value is -2.18. The summed E-state index contributed by atoms with van der Waals surface area (Å²) >= 11 is 0. The van der Waals surface area contributed by atoms with E-state index in [4.69, 9.17) is 0 Å². The molecule has 0 aliphatic rings. The molecule has 0 fully saturated rings. The number of hydrogen-bond donors (Lipinski definition) is 1. The Bertz CT molecular complexity index is 501. The normalized spacial score (nSPS) is 10.7. The Labute approximate surface area is 117 Å². The topological polar surface area (TPSA) is 98.3 Å². The third-order valence-electron chi connectivity index (χ3n) is 3.35. The average molecular weight is 281 g/mol. The van der Waals surface area contributed by atoms with Gasteiger partial charge in [-0.05, 0) is 32.8 Å². The van der Waals surface area contributed by atoms with E-state index in [2.05, 4.69) is 5.32 Å². The molecule has 0 radical (unpaired) electrons. The summed E-state index contributed by atoms with van der Waals surface area (Å²) < 4.78 is 0. The summed E-state index contributed by atoms with van der Waals surface area (Å²) in [5.41, 5.74) is 0.438. The summed E-state index contributed by atoms with van der Waals surface area (Å²) in [6.45, 7) is 7.04. The molecule has 20 heavy (non-hydrogen) atoms. The van der Waals surface area contributed by atoms with E-state index in [1.165, 1.54) is 6.07 Å². The molecule has 1 aromatic rings. The van der Waals surface area contributed by atoms with Gasteiger partial charge in [0.25, 0.3) is 0 Å². The maximum Gasteiger partial charge on any atom is 0.302 e. The van der Waals surface area contributed by atoms with Crippen molar-refractivity contribution in [3.63, 3.8) is 0 Å². The highest BCUT2D eigenvalue weighted by Gasteiger charge is 2.30. The van der Waals surface area contributed by atoms with Gasteiger partial charge in [0.2, 0.25) is 0 Å². The van der Waals surface area contributed by atoms with Crippen molar-refractivity contribution in [2.24, 2.45) is 0 Å². The molecule has 0 aliphatic heterocycles. The first-order valence-electron chi connectivity index (χ1n) is 6.52. The monoisotopic (exact) mass is 281 g/mol. The van der Waals surface area contributed by atoms with Crippen LogP contribution in [0.3, 0.4) is 0 Å². The lowest BCUT2D eigenvalue weighted by Crippen LogP contribution is -2.19. The van der Waals surface area contributed by atoms with Gasteiger partial charge in [-0.2, -0.15) is 0 Å². The highest BCUT2D eigenvalue weighted by atomic mass is 16.6. The van der Waals surface area contributed by atoms with Crippen molar-refractivity contribution < 1.29 is 9.85 Å². The molecule has 1 rings (SSSR count). The van der Waals surface area contributed by atoms with Gasteiger partial charge in [0.15, 0.2) is 5.69 Å². The number of aryl methyl sites for hydroxylation is 2. The first-order chi connectivity index (χ1) is 9.33. The lowest BCUT2D eigenvalue weighted by atomic mass is 10.0. The molecule has 0 saturated heterocycles. The van der Waals surface area contributed by atoms with E-state index >= 15 is 0 Å². The van der Waals surface area contributed by atoms with E-state index in [1.54, 1.807) is 13.8 Å². The number of anilines is 1. The van der Waals surface area contributed by atoms with Crippen LogP contribution < -0.4 is 5.32 Å². The van der Waals surface area contributed by atoms with Gasteiger partial charge in [-0.15, -0.1) is 0 Å². The first kappa shape index (κ1) is 15.9. The van der Waals surface area contributed by atoms with Crippen molar-refractivity contribution in [1.29, 1.82) is 0 Å². The maximum absolute atomic E-state index is 11.2. The number of nitrogens with one attached hydrogen (secondary N) is 1. The predicted molar refractivity (Wildman–Crippen MR) is 77.2 cm³/mol. The number of hydrogen-bond acceptors (Lipinski definition) is 5. The zero-order chi connectivity index (χ0) is 15.4. The molecule has 7 nitrogen and oxygen atoms in total. The molecule has 0 bridgehead atoms. The molecule has 1 aromatic carbocycles. The van der Waals surface area contributed by atoms with Crippen LogP contribution in [0.5, 0.6) is 0 Å². The van der Waals surface area contributed by atoms with Crippen LogP contribution in [0.2, 0.25) is 0 Å². The first-order valence-corrected chi connectivity index (χ1v) is 6.52. The molecule has 0 unspecified atom stereocenters. The van der Waals surface area contributed by atoms with Crippen molar-refractivity contribution in [3.05, 3.63) is 37.4 Å². The molecule has 0 heterocycles. The summed E-state index contributed by atoms with van der Waals surface area (Å²) in [5.74, 6) is 0. The molecular formula is C13H19N3O4. The van der Waals surface area contributed by atoms with Crippen LogP contribution in [-0.4, -0.2) is 15.9 Å². The van der Waals surface area contributed by atoms with Gasteiger partial charge in [-0.25, -0.2) is 0 Å². The van der Waals surface area contributed by atoms with E-state index in [1.807, 2.05) is 13.8 Å². The zero-order valence-corrected chi connectivity index (χ0v) is 12.1. The van der Waals surface area contributed by atoms with Crippen LogP contribution in [0.1, 0.15) is 37.8 Å².